The number of hydrogen-bond donors (Lipinski definition) is 2. The molecule has 2 aromatic carbocycles. The van der Waals surface area contributed by atoms with Gasteiger partial charge in [0.25, 0.3) is 0 Å². The first-order valence-electron chi connectivity index (χ1n) is 8.94. The number of carbonyl (C=O) groups is 1. The number of ketones is 1. The Labute approximate surface area is 164 Å². The highest BCUT2D eigenvalue weighted by Gasteiger charge is 2.05. The van der Waals surface area contributed by atoms with Gasteiger partial charge in [0.2, 0.25) is 0 Å². The van der Waals surface area contributed by atoms with Crippen LogP contribution < -0.4 is 4.72 Å². The summed E-state index contributed by atoms with van der Waals surface area (Å²) in [5.41, 5.74) is 3.27. The molecule has 0 aliphatic heterocycles. The highest BCUT2D eigenvalue weighted by atomic mass is 32.2. The Morgan fingerprint density at radius 3 is 2.67 bits per heavy atom. The summed E-state index contributed by atoms with van der Waals surface area (Å²) in [5.74, 6) is 0.818. The van der Waals surface area contributed by atoms with Crippen LogP contribution in [0.1, 0.15) is 34.8 Å². The molecule has 0 fully saturated rings. The third-order valence-corrected chi connectivity index (χ3v) is 5.26. The molecule has 0 aromatic heterocycles. The largest absolute Gasteiger partial charge is 0.508 e. The maximum absolute atomic E-state index is 12.3. The zero-order valence-corrected chi connectivity index (χ0v) is 16.3. The SMILES string of the molecule is Cc1cc(/C=C/C(=O)c2ccc(NSC3=CCC(C)C=C3)cc2)ccc1O. The van der Waals surface area contributed by atoms with E-state index in [9.17, 15) is 9.90 Å². The van der Waals surface area contributed by atoms with Crippen molar-refractivity contribution < 1.29 is 9.90 Å². The molecule has 3 nitrogen and oxygen atoms in total. The molecule has 3 rings (SSSR count). The second-order valence-corrected chi connectivity index (χ2v) is 7.58. The molecule has 4 heteroatoms. The van der Waals surface area contributed by atoms with E-state index in [1.807, 2.05) is 37.3 Å². The molecule has 138 valence electrons. The summed E-state index contributed by atoms with van der Waals surface area (Å²) < 4.78 is 3.31. The van der Waals surface area contributed by atoms with E-state index < -0.39 is 0 Å². The third kappa shape index (κ3) is 5.38. The second-order valence-electron chi connectivity index (χ2n) is 6.70. The van der Waals surface area contributed by atoms with Crippen LogP contribution in [-0.4, -0.2) is 10.9 Å². The summed E-state index contributed by atoms with van der Waals surface area (Å²) in [5, 5.41) is 9.56. The molecule has 0 heterocycles. The Kier molecular flexibility index (Phi) is 6.20. The number of allylic oxidation sites excluding steroid dienone is 4. The lowest BCUT2D eigenvalue weighted by Gasteiger charge is -2.12. The van der Waals surface area contributed by atoms with Gasteiger partial charge in [-0.3, -0.25) is 4.79 Å². The number of aryl methyl sites for hydroxylation is 1. The number of aromatic hydroxyl groups is 1. The minimum absolute atomic E-state index is 0.0492. The molecule has 1 aliphatic carbocycles. The molecule has 1 aliphatic rings. The number of phenolic OH excluding ortho intramolecular Hbond substituents is 1. The van der Waals surface area contributed by atoms with Gasteiger partial charge in [-0.05, 0) is 84.8 Å². The normalized spacial score (nSPS) is 16.4. The van der Waals surface area contributed by atoms with Gasteiger partial charge in [-0.2, -0.15) is 0 Å². The molecular formula is C23H23NO2S. The summed E-state index contributed by atoms with van der Waals surface area (Å²) in [6, 6.07) is 12.7. The smallest absolute Gasteiger partial charge is 0.185 e. The monoisotopic (exact) mass is 377 g/mol. The third-order valence-electron chi connectivity index (χ3n) is 4.38. The number of nitrogens with one attached hydrogen (secondary N) is 1. The molecule has 2 aromatic rings. The van der Waals surface area contributed by atoms with Crippen LogP contribution in [0.15, 0.2) is 71.7 Å². The molecule has 0 spiro atoms. The van der Waals surface area contributed by atoms with Gasteiger partial charge in [0, 0.05) is 16.2 Å². The fraction of sp³-hybridized carbons (Fsp3) is 0.174. The van der Waals surface area contributed by atoms with Crippen LogP contribution in [0.3, 0.4) is 0 Å². The van der Waals surface area contributed by atoms with Crippen molar-refractivity contribution in [2.24, 2.45) is 5.92 Å². The molecule has 0 bridgehead atoms. The van der Waals surface area contributed by atoms with Crippen molar-refractivity contribution in [3.05, 3.63) is 88.4 Å². The average molecular weight is 378 g/mol. The van der Waals surface area contributed by atoms with Crippen molar-refractivity contribution in [2.75, 3.05) is 4.72 Å². The average Bonchev–Trinajstić information content (AvgIpc) is 2.68. The number of carbonyl (C=O) groups excluding carboxylic acids is 1. The van der Waals surface area contributed by atoms with Crippen molar-refractivity contribution in [1.29, 1.82) is 0 Å². The Morgan fingerprint density at radius 1 is 1.22 bits per heavy atom. The fourth-order valence-corrected chi connectivity index (χ4v) is 3.35. The van der Waals surface area contributed by atoms with Gasteiger partial charge < -0.3 is 9.83 Å². The van der Waals surface area contributed by atoms with Crippen LogP contribution in [0.2, 0.25) is 0 Å². The van der Waals surface area contributed by atoms with E-state index in [-0.39, 0.29) is 11.5 Å². The lowest BCUT2D eigenvalue weighted by atomic mass is 10.0. The van der Waals surface area contributed by atoms with Crippen molar-refractivity contribution in [2.45, 2.75) is 20.3 Å². The minimum Gasteiger partial charge on any atom is -0.508 e. The van der Waals surface area contributed by atoms with Crippen molar-refractivity contribution in [3.8, 4) is 5.75 Å². The van der Waals surface area contributed by atoms with Gasteiger partial charge in [0.15, 0.2) is 5.78 Å². The maximum Gasteiger partial charge on any atom is 0.185 e. The van der Waals surface area contributed by atoms with E-state index in [2.05, 4.69) is 29.9 Å². The summed E-state index contributed by atoms with van der Waals surface area (Å²) in [6.45, 7) is 4.03. The lowest BCUT2D eigenvalue weighted by molar-refractivity contribution is 0.104. The Bertz CT molecular complexity index is 910. The standard InChI is InChI=1S/C23H23NO2S/c1-16-3-11-21(12-4-16)27-24-20-9-7-19(8-10-20)23(26)14-6-18-5-13-22(25)17(2)15-18/h3,5-16,24-25H,4H2,1-2H3/b14-6+. The number of benzene rings is 2. The van der Waals surface area contributed by atoms with Crippen LogP contribution in [0.4, 0.5) is 5.69 Å². The van der Waals surface area contributed by atoms with Crippen molar-refractivity contribution in [1.82, 2.24) is 0 Å². The summed E-state index contributed by atoms with van der Waals surface area (Å²) in [4.78, 5) is 13.5. The summed E-state index contributed by atoms with van der Waals surface area (Å²) in [6.07, 6.45) is 11.0. The first-order valence-corrected chi connectivity index (χ1v) is 9.76. The van der Waals surface area contributed by atoms with Crippen LogP contribution >= 0.6 is 11.9 Å². The maximum atomic E-state index is 12.3. The molecule has 0 radical (unpaired) electrons. The molecule has 2 N–H and O–H groups in total. The first kappa shape index (κ1) is 19.1. The Hall–Kier alpha value is -2.72. The van der Waals surface area contributed by atoms with E-state index in [4.69, 9.17) is 0 Å². The number of phenols is 1. The Balaban J connectivity index is 1.57. The van der Waals surface area contributed by atoms with Crippen molar-refractivity contribution in [3.63, 3.8) is 0 Å². The lowest BCUT2D eigenvalue weighted by Crippen LogP contribution is -1.96. The van der Waals surface area contributed by atoms with E-state index in [0.717, 1.165) is 23.2 Å². The first-order chi connectivity index (χ1) is 13.0. The van der Waals surface area contributed by atoms with Crippen LogP contribution in [0.25, 0.3) is 6.08 Å². The van der Waals surface area contributed by atoms with E-state index in [1.54, 1.807) is 36.2 Å². The van der Waals surface area contributed by atoms with Gasteiger partial charge in [0.05, 0.1) is 0 Å². The van der Waals surface area contributed by atoms with Crippen LogP contribution in [0, 0.1) is 12.8 Å². The van der Waals surface area contributed by atoms with Gasteiger partial charge >= 0.3 is 0 Å². The van der Waals surface area contributed by atoms with E-state index in [0.29, 0.717) is 11.5 Å². The highest BCUT2D eigenvalue weighted by molar-refractivity contribution is 8.04. The summed E-state index contributed by atoms with van der Waals surface area (Å²) >= 11 is 1.58. The fourth-order valence-electron chi connectivity index (χ4n) is 2.65. The van der Waals surface area contributed by atoms with Gasteiger partial charge in [-0.25, -0.2) is 0 Å². The predicted molar refractivity (Wildman–Crippen MR) is 115 cm³/mol. The minimum atomic E-state index is -0.0492. The summed E-state index contributed by atoms with van der Waals surface area (Å²) in [7, 11) is 0. The molecule has 27 heavy (non-hydrogen) atoms. The zero-order chi connectivity index (χ0) is 19.2. The van der Waals surface area contributed by atoms with Crippen molar-refractivity contribution >= 4 is 29.5 Å². The van der Waals surface area contributed by atoms with E-state index >= 15 is 0 Å². The number of hydrogen-bond acceptors (Lipinski definition) is 4. The number of anilines is 1. The molecule has 1 unspecified atom stereocenters. The highest BCUT2D eigenvalue weighted by Crippen LogP contribution is 2.26. The van der Waals surface area contributed by atoms with Gasteiger partial charge in [-0.1, -0.05) is 37.3 Å². The quantitative estimate of drug-likeness (QED) is 0.361. The molecule has 1 atom stereocenters. The van der Waals surface area contributed by atoms with E-state index in [1.165, 1.54) is 4.91 Å². The zero-order valence-electron chi connectivity index (χ0n) is 15.5. The molecule has 0 saturated heterocycles. The van der Waals surface area contributed by atoms with Gasteiger partial charge in [0.1, 0.15) is 5.75 Å². The van der Waals surface area contributed by atoms with Gasteiger partial charge in [-0.15, -0.1) is 0 Å². The molecule has 0 saturated carbocycles. The topological polar surface area (TPSA) is 49.3 Å². The van der Waals surface area contributed by atoms with Crippen LogP contribution in [-0.2, 0) is 0 Å². The molecule has 0 amide bonds. The molecular weight excluding hydrogens is 354 g/mol. The van der Waals surface area contributed by atoms with Crippen LogP contribution in [0.5, 0.6) is 5.75 Å². The predicted octanol–water partition coefficient (Wildman–Crippen LogP) is 6.14. The second kappa shape index (κ2) is 8.78. The Morgan fingerprint density at radius 2 is 2.00 bits per heavy atom. The number of rotatable bonds is 6.